The first-order chi connectivity index (χ1) is 4.57. The van der Waals surface area contributed by atoms with Crippen molar-refractivity contribution >= 4 is 0 Å². The van der Waals surface area contributed by atoms with E-state index in [0.717, 1.165) is 11.1 Å². The summed E-state index contributed by atoms with van der Waals surface area (Å²) in [5.41, 5.74) is 2.14. The summed E-state index contributed by atoms with van der Waals surface area (Å²) in [7, 11) is 1.60. The maximum absolute atomic E-state index is 4.86. The Morgan fingerprint density at radius 1 is 1.30 bits per heavy atom. The number of hydrogen-bond donors (Lipinski definition) is 0. The molecule has 0 unspecified atom stereocenters. The van der Waals surface area contributed by atoms with Crippen molar-refractivity contribution in [1.82, 2.24) is 0 Å². The maximum atomic E-state index is 4.86. The summed E-state index contributed by atoms with van der Waals surface area (Å²) < 4.78 is 4.86. The molecular weight excluding hydrogens is 124 g/mol. The normalized spacial score (nSPS) is 10.9. The average Bonchev–Trinajstić information content (AvgIpc) is 1.87. The number of methoxy groups -OCH3 is 1. The Hall–Kier alpha value is -0.980. The van der Waals surface area contributed by atoms with Gasteiger partial charge in [-0.1, -0.05) is 18.7 Å². The molecule has 0 atom stereocenters. The van der Waals surface area contributed by atoms with E-state index in [0.29, 0.717) is 5.76 Å². The minimum absolute atomic E-state index is 0.667. The molecule has 1 nitrogen and oxygen atoms in total. The molecule has 0 rings (SSSR count). The van der Waals surface area contributed by atoms with E-state index in [1.54, 1.807) is 7.11 Å². The van der Waals surface area contributed by atoms with Gasteiger partial charge in [0.05, 0.1) is 7.11 Å². The molecule has 0 aliphatic carbocycles. The first-order valence-electron chi connectivity index (χ1n) is 3.15. The lowest BCUT2D eigenvalue weighted by atomic mass is 10.1. The Bertz CT molecular complexity index is 175. The van der Waals surface area contributed by atoms with Gasteiger partial charge in [0.15, 0.2) is 0 Å². The predicted molar refractivity (Wildman–Crippen MR) is 44.7 cm³/mol. The largest absolute Gasteiger partial charge is 0.497 e. The topological polar surface area (TPSA) is 9.23 Å². The number of hydrogen-bond acceptors (Lipinski definition) is 1. The van der Waals surface area contributed by atoms with Crippen LogP contribution in [0.15, 0.2) is 36.1 Å². The van der Waals surface area contributed by atoms with Gasteiger partial charge < -0.3 is 4.74 Å². The molecule has 0 aliphatic heterocycles. The number of rotatable bonds is 3. The highest BCUT2D eigenvalue weighted by Crippen LogP contribution is 2.07. The standard InChI is InChI=1S/C9H14O/c1-7(2)8(3)6-9(4)10-5/h6H,1,4H2,2-3,5H3/b8-6-. The second-order valence-corrected chi connectivity index (χ2v) is 2.28. The molecule has 56 valence electrons. The van der Waals surface area contributed by atoms with E-state index in [9.17, 15) is 0 Å². The second-order valence-electron chi connectivity index (χ2n) is 2.28. The second kappa shape index (κ2) is 3.94. The fourth-order valence-corrected chi connectivity index (χ4v) is 0.424. The third-order valence-electron chi connectivity index (χ3n) is 1.31. The molecule has 0 aromatic rings. The van der Waals surface area contributed by atoms with Crippen LogP contribution in [0.4, 0.5) is 0 Å². The molecule has 0 radical (unpaired) electrons. The summed E-state index contributed by atoms with van der Waals surface area (Å²) in [6, 6.07) is 0. The van der Waals surface area contributed by atoms with Crippen molar-refractivity contribution in [2.45, 2.75) is 13.8 Å². The van der Waals surface area contributed by atoms with E-state index >= 15 is 0 Å². The molecule has 1 heteroatoms. The van der Waals surface area contributed by atoms with Crippen molar-refractivity contribution in [2.75, 3.05) is 7.11 Å². The highest BCUT2D eigenvalue weighted by Gasteiger charge is 1.90. The van der Waals surface area contributed by atoms with Crippen molar-refractivity contribution < 1.29 is 4.74 Å². The molecule has 0 saturated carbocycles. The minimum Gasteiger partial charge on any atom is -0.497 e. The van der Waals surface area contributed by atoms with Crippen LogP contribution in [0.2, 0.25) is 0 Å². The SMILES string of the molecule is C=C(/C=C(/C)C(=C)C)OC. The third-order valence-corrected chi connectivity index (χ3v) is 1.31. The Labute approximate surface area is 62.7 Å². The number of ether oxygens (including phenoxy) is 1. The Balaban J connectivity index is 4.16. The molecule has 0 N–H and O–H groups in total. The highest BCUT2D eigenvalue weighted by molar-refractivity contribution is 5.29. The van der Waals surface area contributed by atoms with Crippen molar-refractivity contribution in [1.29, 1.82) is 0 Å². The van der Waals surface area contributed by atoms with Crippen LogP contribution in [0.25, 0.3) is 0 Å². The molecule has 0 heterocycles. The van der Waals surface area contributed by atoms with Gasteiger partial charge >= 0.3 is 0 Å². The molecule has 0 aliphatic rings. The van der Waals surface area contributed by atoms with Gasteiger partial charge in [-0.3, -0.25) is 0 Å². The summed E-state index contributed by atoms with van der Waals surface area (Å²) >= 11 is 0. The molecule has 0 aromatic carbocycles. The molecule has 0 spiro atoms. The smallest absolute Gasteiger partial charge is 0.111 e. The third kappa shape index (κ3) is 3.13. The first-order valence-corrected chi connectivity index (χ1v) is 3.15. The average molecular weight is 138 g/mol. The number of allylic oxidation sites excluding steroid dienone is 3. The van der Waals surface area contributed by atoms with Crippen LogP contribution in [0.1, 0.15) is 13.8 Å². The molecule has 0 bridgehead atoms. The quantitative estimate of drug-likeness (QED) is 0.430. The zero-order valence-corrected chi connectivity index (χ0v) is 6.90. The van der Waals surface area contributed by atoms with Crippen molar-refractivity contribution in [3.05, 3.63) is 36.1 Å². The fourth-order valence-electron chi connectivity index (χ4n) is 0.424. The molecular formula is C9H14O. The van der Waals surface area contributed by atoms with Crippen LogP contribution in [0, 0.1) is 0 Å². The van der Waals surface area contributed by atoms with Gasteiger partial charge in [0, 0.05) is 0 Å². The summed E-state index contributed by atoms with van der Waals surface area (Å²) in [4.78, 5) is 0. The van der Waals surface area contributed by atoms with E-state index < -0.39 is 0 Å². The van der Waals surface area contributed by atoms with Crippen molar-refractivity contribution in [2.24, 2.45) is 0 Å². The van der Waals surface area contributed by atoms with Crippen molar-refractivity contribution in [3.63, 3.8) is 0 Å². The van der Waals surface area contributed by atoms with Gasteiger partial charge in [0.25, 0.3) is 0 Å². The highest BCUT2D eigenvalue weighted by atomic mass is 16.5. The van der Waals surface area contributed by atoms with Gasteiger partial charge in [-0.2, -0.15) is 0 Å². The molecule has 0 aromatic heterocycles. The van der Waals surface area contributed by atoms with Gasteiger partial charge in [-0.05, 0) is 25.5 Å². The molecule has 0 saturated heterocycles. The van der Waals surface area contributed by atoms with Crippen LogP contribution in [-0.4, -0.2) is 7.11 Å². The van der Waals surface area contributed by atoms with E-state index in [2.05, 4.69) is 13.2 Å². The zero-order valence-electron chi connectivity index (χ0n) is 6.90. The van der Waals surface area contributed by atoms with E-state index in [-0.39, 0.29) is 0 Å². The monoisotopic (exact) mass is 138 g/mol. The Morgan fingerprint density at radius 2 is 1.80 bits per heavy atom. The molecule has 10 heavy (non-hydrogen) atoms. The van der Waals surface area contributed by atoms with Crippen LogP contribution in [0.5, 0.6) is 0 Å². The maximum Gasteiger partial charge on any atom is 0.111 e. The molecule has 0 fully saturated rings. The minimum atomic E-state index is 0.667. The fraction of sp³-hybridized carbons (Fsp3) is 0.333. The van der Waals surface area contributed by atoms with Crippen LogP contribution < -0.4 is 0 Å². The van der Waals surface area contributed by atoms with Crippen LogP contribution in [-0.2, 0) is 4.74 Å². The van der Waals surface area contributed by atoms with Gasteiger partial charge in [0.2, 0.25) is 0 Å². The molecule has 0 amide bonds. The van der Waals surface area contributed by atoms with Crippen LogP contribution >= 0.6 is 0 Å². The van der Waals surface area contributed by atoms with E-state index in [4.69, 9.17) is 4.74 Å². The lowest BCUT2D eigenvalue weighted by Crippen LogP contribution is -1.82. The lowest BCUT2D eigenvalue weighted by molar-refractivity contribution is 0.308. The summed E-state index contributed by atoms with van der Waals surface area (Å²) in [5.74, 6) is 0.667. The predicted octanol–water partition coefficient (Wildman–Crippen LogP) is 2.67. The summed E-state index contributed by atoms with van der Waals surface area (Å²) in [6.45, 7) is 11.4. The first kappa shape index (κ1) is 9.02. The van der Waals surface area contributed by atoms with Gasteiger partial charge in [-0.25, -0.2) is 0 Å². The van der Waals surface area contributed by atoms with Gasteiger partial charge in [0.1, 0.15) is 5.76 Å². The van der Waals surface area contributed by atoms with Crippen LogP contribution in [0.3, 0.4) is 0 Å². The van der Waals surface area contributed by atoms with Gasteiger partial charge in [-0.15, -0.1) is 0 Å². The van der Waals surface area contributed by atoms with E-state index in [1.807, 2.05) is 19.9 Å². The Morgan fingerprint density at radius 3 is 2.10 bits per heavy atom. The Kier molecular flexibility index (Phi) is 3.55. The summed E-state index contributed by atoms with van der Waals surface area (Å²) in [5, 5.41) is 0. The zero-order chi connectivity index (χ0) is 8.15. The van der Waals surface area contributed by atoms with Crippen molar-refractivity contribution in [3.8, 4) is 0 Å². The lowest BCUT2D eigenvalue weighted by Gasteiger charge is -2.00. The van der Waals surface area contributed by atoms with E-state index in [1.165, 1.54) is 0 Å². The summed E-state index contributed by atoms with van der Waals surface area (Å²) in [6.07, 6.45) is 1.86.